The van der Waals surface area contributed by atoms with Crippen LogP contribution in [0, 0.1) is 0 Å². The van der Waals surface area contributed by atoms with E-state index in [0.29, 0.717) is 19.4 Å². The maximum atomic E-state index is 12.9. The molecule has 1 aliphatic rings. The van der Waals surface area contributed by atoms with Crippen molar-refractivity contribution in [2.45, 2.75) is 44.6 Å². The third kappa shape index (κ3) is 6.11. The number of nitrogens with two attached hydrogens (primary N) is 2. The second-order valence-corrected chi connectivity index (χ2v) is 7.16. The number of unbranched alkanes of at least 4 members (excludes halogenated alkanes) is 3. The summed E-state index contributed by atoms with van der Waals surface area (Å²) in [6.45, 7) is 0.824. The molecule has 1 aromatic carbocycles. The molecule has 0 saturated carbocycles. The van der Waals surface area contributed by atoms with Crippen molar-refractivity contribution in [1.82, 2.24) is 10.2 Å². The Morgan fingerprint density at radius 1 is 1.13 bits per heavy atom. The van der Waals surface area contributed by atoms with Crippen LogP contribution in [0.15, 0.2) is 18.2 Å². The number of primary amides is 1. The Labute approximate surface area is 180 Å². The number of ether oxygens (including phenoxy) is 1. The first-order chi connectivity index (χ1) is 14.9. The number of carbonyl (C=O) groups is 5. The van der Waals surface area contributed by atoms with Gasteiger partial charge in [-0.1, -0.05) is 18.9 Å². The van der Waals surface area contributed by atoms with Gasteiger partial charge >= 0.3 is 0 Å². The SMILES string of the molecule is NCCCCCCNC(=O)COc1cccc2c1C(=O)N(C(CCC=O)C(N)=O)C2=O. The van der Waals surface area contributed by atoms with Crippen LogP contribution in [0.1, 0.15) is 59.2 Å². The Bertz CT molecular complexity index is 841. The van der Waals surface area contributed by atoms with Gasteiger partial charge in [-0.25, -0.2) is 0 Å². The van der Waals surface area contributed by atoms with Crippen molar-refractivity contribution in [2.75, 3.05) is 19.7 Å². The second kappa shape index (κ2) is 11.8. The Morgan fingerprint density at radius 2 is 1.87 bits per heavy atom. The van der Waals surface area contributed by atoms with Crippen LogP contribution < -0.4 is 21.5 Å². The van der Waals surface area contributed by atoms with Crippen LogP contribution in [0.2, 0.25) is 0 Å². The molecule has 2 rings (SSSR count). The molecule has 0 saturated heterocycles. The summed E-state index contributed by atoms with van der Waals surface area (Å²) in [4.78, 5) is 60.9. The molecule has 4 amide bonds. The zero-order valence-electron chi connectivity index (χ0n) is 17.3. The monoisotopic (exact) mass is 432 g/mol. The highest BCUT2D eigenvalue weighted by Crippen LogP contribution is 2.32. The summed E-state index contributed by atoms with van der Waals surface area (Å²) in [5.41, 5.74) is 10.8. The molecule has 0 radical (unpaired) electrons. The lowest BCUT2D eigenvalue weighted by atomic mass is 10.1. The van der Waals surface area contributed by atoms with E-state index in [9.17, 15) is 24.0 Å². The number of nitrogens with zero attached hydrogens (tertiary/aromatic N) is 1. The first kappa shape index (κ1) is 24.0. The Kier molecular flexibility index (Phi) is 9.13. The maximum Gasteiger partial charge on any atom is 0.266 e. The summed E-state index contributed by atoms with van der Waals surface area (Å²) in [5.74, 6) is -2.61. The Balaban J connectivity index is 2.02. The van der Waals surface area contributed by atoms with E-state index in [-0.39, 0.29) is 42.2 Å². The second-order valence-electron chi connectivity index (χ2n) is 7.16. The number of nitrogens with one attached hydrogen (secondary N) is 1. The summed E-state index contributed by atoms with van der Waals surface area (Å²) in [6, 6.07) is 3.18. The average Bonchev–Trinajstić information content (AvgIpc) is 3.00. The van der Waals surface area contributed by atoms with Gasteiger partial charge in [-0.2, -0.15) is 0 Å². The van der Waals surface area contributed by atoms with Gasteiger partial charge in [0.05, 0.1) is 11.1 Å². The summed E-state index contributed by atoms with van der Waals surface area (Å²) in [5, 5.41) is 2.73. The summed E-state index contributed by atoms with van der Waals surface area (Å²) < 4.78 is 5.49. The molecule has 1 unspecified atom stereocenters. The zero-order chi connectivity index (χ0) is 22.8. The van der Waals surface area contributed by atoms with E-state index in [1.54, 1.807) is 0 Å². The van der Waals surface area contributed by atoms with Crippen LogP contribution in [0.4, 0.5) is 0 Å². The quantitative estimate of drug-likeness (QED) is 0.214. The van der Waals surface area contributed by atoms with E-state index in [2.05, 4.69) is 5.32 Å². The van der Waals surface area contributed by atoms with E-state index >= 15 is 0 Å². The first-order valence-corrected chi connectivity index (χ1v) is 10.3. The summed E-state index contributed by atoms with van der Waals surface area (Å²) >= 11 is 0. The van der Waals surface area contributed by atoms with Crippen molar-refractivity contribution in [2.24, 2.45) is 11.5 Å². The fourth-order valence-corrected chi connectivity index (χ4v) is 3.35. The van der Waals surface area contributed by atoms with Gasteiger partial charge in [-0.15, -0.1) is 0 Å². The molecule has 0 bridgehead atoms. The number of fused-ring (bicyclic) bond motifs is 1. The molecule has 168 valence electrons. The van der Waals surface area contributed by atoms with Gasteiger partial charge in [0.2, 0.25) is 5.91 Å². The van der Waals surface area contributed by atoms with Crippen molar-refractivity contribution in [3.8, 4) is 5.75 Å². The summed E-state index contributed by atoms with van der Waals surface area (Å²) in [7, 11) is 0. The molecule has 10 nitrogen and oxygen atoms in total. The van der Waals surface area contributed by atoms with Crippen molar-refractivity contribution >= 4 is 29.9 Å². The predicted molar refractivity (Wildman–Crippen MR) is 111 cm³/mol. The van der Waals surface area contributed by atoms with Crippen molar-refractivity contribution in [3.63, 3.8) is 0 Å². The number of benzene rings is 1. The first-order valence-electron chi connectivity index (χ1n) is 10.3. The highest BCUT2D eigenvalue weighted by Gasteiger charge is 2.43. The lowest BCUT2D eigenvalue weighted by Crippen LogP contribution is -2.47. The molecule has 0 aromatic heterocycles. The molecule has 1 atom stereocenters. The zero-order valence-corrected chi connectivity index (χ0v) is 17.3. The van der Waals surface area contributed by atoms with Crippen LogP contribution in [0.3, 0.4) is 0 Å². The van der Waals surface area contributed by atoms with Gasteiger partial charge < -0.3 is 26.3 Å². The van der Waals surface area contributed by atoms with Gasteiger partial charge in [0, 0.05) is 13.0 Å². The Morgan fingerprint density at radius 3 is 2.55 bits per heavy atom. The minimum absolute atomic E-state index is 0.0283. The number of hydrogen-bond acceptors (Lipinski definition) is 7. The molecule has 1 aliphatic heterocycles. The lowest BCUT2D eigenvalue weighted by molar-refractivity contribution is -0.123. The van der Waals surface area contributed by atoms with E-state index in [0.717, 1.165) is 30.6 Å². The van der Waals surface area contributed by atoms with Gasteiger partial charge in [0.25, 0.3) is 17.7 Å². The maximum absolute atomic E-state index is 12.9. The number of carbonyl (C=O) groups excluding carboxylic acids is 5. The highest BCUT2D eigenvalue weighted by molar-refractivity contribution is 6.24. The van der Waals surface area contributed by atoms with Crippen LogP contribution in [0.25, 0.3) is 0 Å². The molecular formula is C21H28N4O6. The molecule has 0 aliphatic carbocycles. The third-order valence-corrected chi connectivity index (χ3v) is 4.92. The molecule has 0 fully saturated rings. The summed E-state index contributed by atoms with van der Waals surface area (Å²) in [6.07, 6.45) is 4.23. The normalized spacial score (nSPS) is 13.6. The van der Waals surface area contributed by atoms with Crippen molar-refractivity contribution < 1.29 is 28.7 Å². The van der Waals surface area contributed by atoms with E-state index in [4.69, 9.17) is 16.2 Å². The van der Waals surface area contributed by atoms with E-state index in [1.807, 2.05) is 0 Å². The minimum atomic E-state index is -1.24. The molecular weight excluding hydrogens is 404 g/mol. The van der Waals surface area contributed by atoms with Crippen LogP contribution in [-0.4, -0.2) is 60.6 Å². The van der Waals surface area contributed by atoms with E-state index < -0.39 is 23.8 Å². The Hall–Kier alpha value is -3.27. The smallest absolute Gasteiger partial charge is 0.266 e. The number of rotatable bonds is 14. The van der Waals surface area contributed by atoms with Gasteiger partial charge in [0.15, 0.2) is 6.61 Å². The average molecular weight is 432 g/mol. The number of imide groups is 1. The van der Waals surface area contributed by atoms with Crippen molar-refractivity contribution in [3.05, 3.63) is 29.3 Å². The fourth-order valence-electron chi connectivity index (χ4n) is 3.35. The molecule has 1 aromatic rings. The topological polar surface area (TPSA) is 162 Å². The van der Waals surface area contributed by atoms with Crippen LogP contribution in [0.5, 0.6) is 5.75 Å². The van der Waals surface area contributed by atoms with Crippen LogP contribution in [-0.2, 0) is 14.4 Å². The molecule has 31 heavy (non-hydrogen) atoms. The molecule has 0 spiro atoms. The number of aldehydes is 1. The van der Waals surface area contributed by atoms with Crippen LogP contribution >= 0.6 is 0 Å². The van der Waals surface area contributed by atoms with Gasteiger partial charge in [-0.05, 0) is 37.9 Å². The van der Waals surface area contributed by atoms with E-state index in [1.165, 1.54) is 18.2 Å². The third-order valence-electron chi connectivity index (χ3n) is 4.92. The van der Waals surface area contributed by atoms with Gasteiger partial charge in [0.1, 0.15) is 18.1 Å². The fraction of sp³-hybridized carbons (Fsp3) is 0.476. The molecule has 10 heteroatoms. The molecule has 5 N–H and O–H groups in total. The number of amides is 4. The lowest BCUT2D eigenvalue weighted by Gasteiger charge is -2.22. The minimum Gasteiger partial charge on any atom is -0.483 e. The van der Waals surface area contributed by atoms with Crippen molar-refractivity contribution in [1.29, 1.82) is 0 Å². The molecule has 1 heterocycles. The predicted octanol–water partition coefficient (Wildman–Crippen LogP) is 0.130. The number of hydrogen-bond donors (Lipinski definition) is 3. The highest BCUT2D eigenvalue weighted by atomic mass is 16.5. The standard InChI is InChI=1S/C21H28N4O6/c22-10-3-1-2-4-11-24-17(27)13-31-16-9-5-7-14-18(16)21(30)25(20(14)29)15(19(23)28)8-6-12-26/h5,7,9,12,15H,1-4,6,8,10-11,13,22H2,(H2,23,28)(H,24,27). The largest absolute Gasteiger partial charge is 0.483 e. The van der Waals surface area contributed by atoms with Gasteiger partial charge in [-0.3, -0.25) is 24.1 Å².